The average Bonchev–Trinajstić information content (AvgIpc) is 3.06. The first kappa shape index (κ1) is 16.5. The van der Waals surface area contributed by atoms with Crippen LogP contribution in [0.4, 0.5) is 0 Å². The fraction of sp³-hybridized carbons (Fsp3) is 0.389. The van der Waals surface area contributed by atoms with Gasteiger partial charge in [-0.3, -0.25) is 0 Å². The summed E-state index contributed by atoms with van der Waals surface area (Å²) in [6.45, 7) is 6.24. The first-order valence-electron chi connectivity index (χ1n) is 7.94. The summed E-state index contributed by atoms with van der Waals surface area (Å²) in [4.78, 5) is 4.46. The molecule has 0 amide bonds. The lowest BCUT2D eigenvalue weighted by Crippen LogP contribution is -2.32. The van der Waals surface area contributed by atoms with Gasteiger partial charge in [0.25, 0.3) is 0 Å². The van der Waals surface area contributed by atoms with Gasteiger partial charge in [0, 0.05) is 23.5 Å². The summed E-state index contributed by atoms with van der Waals surface area (Å²) in [6.07, 6.45) is 5.98. The molecular formula is C18H22N2O4. The Labute approximate surface area is 141 Å². The monoisotopic (exact) mass is 330 g/mol. The van der Waals surface area contributed by atoms with Gasteiger partial charge in [0.1, 0.15) is 5.82 Å². The molecule has 1 fully saturated rings. The van der Waals surface area contributed by atoms with E-state index in [1.165, 1.54) is 7.11 Å². The highest BCUT2D eigenvalue weighted by atomic mass is 16.6. The first-order chi connectivity index (χ1) is 11.7. The van der Waals surface area contributed by atoms with E-state index in [1.807, 2.05) is 16.8 Å². The molecular weight excluding hydrogens is 308 g/mol. The summed E-state index contributed by atoms with van der Waals surface area (Å²) in [5, 5.41) is 10.2. The Balaban J connectivity index is 1.92. The maximum Gasteiger partial charge on any atom is 0.161 e. The van der Waals surface area contributed by atoms with Crippen LogP contribution in [0.5, 0.6) is 11.5 Å². The molecule has 0 saturated carbocycles. The van der Waals surface area contributed by atoms with Crippen LogP contribution in [-0.4, -0.2) is 47.7 Å². The highest BCUT2D eigenvalue weighted by molar-refractivity contribution is 5.64. The maximum atomic E-state index is 10.2. The molecule has 0 bridgehead atoms. The molecule has 6 nitrogen and oxygen atoms in total. The van der Waals surface area contributed by atoms with Gasteiger partial charge in [0.15, 0.2) is 11.5 Å². The second kappa shape index (κ2) is 7.51. The number of benzene rings is 1. The van der Waals surface area contributed by atoms with Crippen molar-refractivity contribution < 1.29 is 19.3 Å². The minimum atomic E-state index is 0.0124. The van der Waals surface area contributed by atoms with Crippen LogP contribution in [0.3, 0.4) is 0 Å². The van der Waals surface area contributed by atoms with E-state index >= 15 is 0 Å². The Morgan fingerprint density at radius 3 is 3.04 bits per heavy atom. The summed E-state index contributed by atoms with van der Waals surface area (Å²) >= 11 is 0. The van der Waals surface area contributed by atoms with Crippen LogP contribution >= 0.6 is 0 Å². The number of ether oxygens (including phenoxy) is 3. The van der Waals surface area contributed by atoms with Crippen molar-refractivity contribution in [3.8, 4) is 22.9 Å². The molecule has 128 valence electrons. The molecule has 1 saturated heterocycles. The maximum absolute atomic E-state index is 10.2. The van der Waals surface area contributed by atoms with Gasteiger partial charge in [-0.15, -0.1) is 6.58 Å². The summed E-state index contributed by atoms with van der Waals surface area (Å²) in [5.74, 6) is 1.37. The van der Waals surface area contributed by atoms with Crippen LogP contribution in [0.15, 0.2) is 37.2 Å². The molecule has 1 N–H and O–H groups in total. The first-order valence-corrected chi connectivity index (χ1v) is 7.94. The van der Waals surface area contributed by atoms with Gasteiger partial charge in [0.2, 0.25) is 0 Å². The van der Waals surface area contributed by atoms with Crippen molar-refractivity contribution in [2.75, 3.05) is 26.9 Å². The Morgan fingerprint density at radius 1 is 1.46 bits per heavy atom. The highest BCUT2D eigenvalue weighted by Gasteiger charge is 2.18. The van der Waals surface area contributed by atoms with Gasteiger partial charge in [-0.25, -0.2) is 4.98 Å². The molecule has 1 atom stereocenters. The third-order valence-electron chi connectivity index (χ3n) is 4.00. The number of rotatable bonds is 6. The molecule has 2 heterocycles. The van der Waals surface area contributed by atoms with Crippen molar-refractivity contribution >= 4 is 0 Å². The van der Waals surface area contributed by atoms with Crippen LogP contribution in [0, 0.1) is 0 Å². The predicted octanol–water partition coefficient (Wildman–Crippen LogP) is 2.41. The van der Waals surface area contributed by atoms with Crippen molar-refractivity contribution in [2.24, 2.45) is 0 Å². The number of aromatic nitrogens is 2. The zero-order chi connectivity index (χ0) is 16.9. The quantitative estimate of drug-likeness (QED) is 0.824. The lowest BCUT2D eigenvalue weighted by molar-refractivity contribution is -0.0934. The van der Waals surface area contributed by atoms with Gasteiger partial charge in [-0.05, 0) is 18.6 Å². The third kappa shape index (κ3) is 3.44. The Kier molecular flexibility index (Phi) is 5.17. The summed E-state index contributed by atoms with van der Waals surface area (Å²) in [5.41, 5.74) is 1.63. The normalized spacial score (nSPS) is 17.6. The number of aromatic hydroxyl groups is 1. The zero-order valence-corrected chi connectivity index (χ0v) is 13.8. The van der Waals surface area contributed by atoms with E-state index in [1.54, 1.807) is 18.3 Å². The van der Waals surface area contributed by atoms with Crippen LogP contribution in [0.2, 0.25) is 0 Å². The van der Waals surface area contributed by atoms with E-state index < -0.39 is 0 Å². The van der Waals surface area contributed by atoms with Crippen molar-refractivity contribution in [3.05, 3.63) is 42.7 Å². The second-order valence-electron chi connectivity index (χ2n) is 5.65. The lowest BCUT2D eigenvalue weighted by atomic mass is 10.0. The van der Waals surface area contributed by atoms with Gasteiger partial charge in [-0.2, -0.15) is 0 Å². The Bertz CT molecular complexity index is 705. The smallest absolute Gasteiger partial charge is 0.161 e. The fourth-order valence-electron chi connectivity index (χ4n) is 2.84. The van der Waals surface area contributed by atoms with E-state index in [2.05, 4.69) is 11.6 Å². The lowest BCUT2D eigenvalue weighted by Gasteiger charge is -2.24. The standard InChI is InChI=1S/C18H22N2O4/c1-3-4-13-9-14(10-16(22-2)17(13)21)18-19-5-6-20(18)11-15-12-23-7-8-24-15/h3,5-6,9-10,15,21H,1,4,7-8,11-12H2,2H3/t15-/m0/s1. The van der Waals surface area contributed by atoms with Crippen LogP contribution in [0.25, 0.3) is 11.4 Å². The van der Waals surface area contributed by atoms with Gasteiger partial charge < -0.3 is 23.9 Å². The number of imidazole rings is 1. The van der Waals surface area contributed by atoms with E-state index in [0.29, 0.717) is 38.5 Å². The molecule has 1 aromatic heterocycles. The topological polar surface area (TPSA) is 65.7 Å². The van der Waals surface area contributed by atoms with Gasteiger partial charge >= 0.3 is 0 Å². The number of phenols is 1. The van der Waals surface area contributed by atoms with Crippen molar-refractivity contribution in [1.82, 2.24) is 9.55 Å². The number of hydrogen-bond acceptors (Lipinski definition) is 5. The number of methoxy groups -OCH3 is 1. The Morgan fingerprint density at radius 2 is 2.33 bits per heavy atom. The second-order valence-corrected chi connectivity index (χ2v) is 5.65. The summed E-state index contributed by atoms with van der Waals surface area (Å²) < 4.78 is 18.5. The van der Waals surface area contributed by atoms with Crippen molar-refractivity contribution in [2.45, 2.75) is 19.1 Å². The number of hydrogen-bond donors (Lipinski definition) is 1. The molecule has 2 aromatic rings. The molecule has 0 aliphatic carbocycles. The van der Waals surface area contributed by atoms with E-state index in [-0.39, 0.29) is 11.9 Å². The SMILES string of the molecule is C=CCc1cc(-c2nccn2C[C@H]2COCCO2)cc(OC)c1O. The molecule has 1 aliphatic rings. The molecule has 0 unspecified atom stereocenters. The minimum absolute atomic E-state index is 0.0124. The van der Waals surface area contributed by atoms with Crippen LogP contribution in [0.1, 0.15) is 5.56 Å². The largest absolute Gasteiger partial charge is 0.504 e. The van der Waals surface area contributed by atoms with Gasteiger partial charge in [-0.1, -0.05) is 6.08 Å². The molecule has 0 spiro atoms. The van der Waals surface area contributed by atoms with Crippen molar-refractivity contribution in [3.63, 3.8) is 0 Å². The Hall–Kier alpha value is -2.31. The average molecular weight is 330 g/mol. The molecule has 3 rings (SSSR count). The summed E-state index contributed by atoms with van der Waals surface area (Å²) in [7, 11) is 1.54. The van der Waals surface area contributed by atoms with Crippen LogP contribution < -0.4 is 4.74 Å². The van der Waals surface area contributed by atoms with E-state index in [4.69, 9.17) is 14.2 Å². The van der Waals surface area contributed by atoms with Crippen molar-refractivity contribution in [1.29, 1.82) is 0 Å². The van der Waals surface area contributed by atoms with E-state index in [9.17, 15) is 5.11 Å². The van der Waals surface area contributed by atoms with Gasteiger partial charge in [0.05, 0.1) is 39.6 Å². The zero-order valence-electron chi connectivity index (χ0n) is 13.8. The third-order valence-corrected chi connectivity index (χ3v) is 4.00. The highest BCUT2D eigenvalue weighted by Crippen LogP contribution is 2.35. The summed E-state index contributed by atoms with van der Waals surface area (Å²) in [6, 6.07) is 3.70. The number of allylic oxidation sites excluding steroid dienone is 1. The number of phenolic OH excluding ortho intramolecular Hbond substituents is 1. The molecule has 24 heavy (non-hydrogen) atoms. The fourth-order valence-corrected chi connectivity index (χ4v) is 2.84. The van der Waals surface area contributed by atoms with Crippen LogP contribution in [-0.2, 0) is 22.4 Å². The molecule has 6 heteroatoms. The minimum Gasteiger partial charge on any atom is -0.504 e. The van der Waals surface area contributed by atoms with E-state index in [0.717, 1.165) is 17.0 Å². The molecule has 1 aromatic carbocycles. The number of nitrogens with zero attached hydrogens (tertiary/aromatic N) is 2. The molecule has 1 aliphatic heterocycles. The molecule has 0 radical (unpaired) electrons. The predicted molar refractivity (Wildman–Crippen MR) is 90.3 cm³/mol.